The molecule has 2 bridgehead atoms. The summed E-state index contributed by atoms with van der Waals surface area (Å²) in [5, 5.41) is 18.1. The van der Waals surface area contributed by atoms with Gasteiger partial charge in [-0.2, -0.15) is 0 Å². The number of fused-ring (bicyclic) bond motifs is 2. The van der Waals surface area contributed by atoms with Crippen LogP contribution < -0.4 is 0 Å². The van der Waals surface area contributed by atoms with E-state index in [1.807, 2.05) is 36.2 Å². The number of hydrogen-bond donors (Lipinski definition) is 1. The van der Waals surface area contributed by atoms with Crippen LogP contribution in [0.4, 0.5) is 0 Å². The topological polar surface area (TPSA) is 83.7 Å². The quantitative estimate of drug-likeness (QED) is 0.756. The van der Waals surface area contributed by atoms with Gasteiger partial charge in [0.2, 0.25) is 5.91 Å². The molecule has 170 valence electrons. The highest BCUT2D eigenvalue weighted by molar-refractivity contribution is 5.76. The van der Waals surface area contributed by atoms with Crippen molar-refractivity contribution in [1.29, 1.82) is 0 Å². The van der Waals surface area contributed by atoms with Crippen molar-refractivity contribution in [1.82, 2.24) is 24.8 Å². The van der Waals surface area contributed by atoms with Gasteiger partial charge in [0, 0.05) is 38.5 Å². The maximum atomic E-state index is 12.9. The van der Waals surface area contributed by atoms with Crippen molar-refractivity contribution in [3.05, 3.63) is 47.8 Å². The molecule has 1 amide bonds. The number of rotatable bonds is 6. The molecule has 2 aromatic rings. The van der Waals surface area contributed by atoms with Gasteiger partial charge in [0.05, 0.1) is 31.6 Å². The lowest BCUT2D eigenvalue weighted by molar-refractivity contribution is -0.136. The van der Waals surface area contributed by atoms with Gasteiger partial charge >= 0.3 is 0 Å². The highest BCUT2D eigenvalue weighted by atomic mass is 16.5. The van der Waals surface area contributed by atoms with Gasteiger partial charge in [-0.1, -0.05) is 42.5 Å². The number of hydrogen-bond acceptors (Lipinski definition) is 6. The Hall–Kier alpha value is -2.29. The molecule has 1 N–H and O–H groups in total. The van der Waals surface area contributed by atoms with Gasteiger partial charge in [-0.25, -0.2) is 0 Å². The van der Waals surface area contributed by atoms with Gasteiger partial charge in [0.25, 0.3) is 0 Å². The minimum absolute atomic E-state index is 0.0517. The van der Waals surface area contributed by atoms with Crippen LogP contribution >= 0.6 is 0 Å². The van der Waals surface area contributed by atoms with Crippen LogP contribution in [0.15, 0.2) is 36.5 Å². The Morgan fingerprint density at radius 3 is 2.84 bits per heavy atom. The average Bonchev–Trinajstić information content (AvgIpc) is 3.22. The second-order valence-corrected chi connectivity index (χ2v) is 8.66. The number of nitrogens with zero attached hydrogens (tertiary/aromatic N) is 5. The molecule has 0 saturated carbocycles. The van der Waals surface area contributed by atoms with Gasteiger partial charge in [-0.05, 0) is 26.0 Å². The number of aliphatic hydroxyl groups excluding tert-OH is 1. The predicted molar refractivity (Wildman–Crippen MR) is 118 cm³/mol. The van der Waals surface area contributed by atoms with Crippen molar-refractivity contribution < 1.29 is 14.6 Å². The average molecular weight is 430 g/mol. The van der Waals surface area contributed by atoms with E-state index in [1.54, 1.807) is 4.68 Å². The third kappa shape index (κ3) is 6.85. The van der Waals surface area contributed by atoms with E-state index in [0.29, 0.717) is 32.5 Å². The molecular formula is C23H35N5O3. The molecule has 1 aliphatic heterocycles. The number of aromatic nitrogens is 3. The van der Waals surface area contributed by atoms with E-state index in [1.165, 1.54) is 5.56 Å². The van der Waals surface area contributed by atoms with E-state index in [-0.39, 0.29) is 30.6 Å². The van der Waals surface area contributed by atoms with Crippen LogP contribution in [0.2, 0.25) is 0 Å². The molecule has 1 aliphatic rings. The number of carbonyl (C=O) groups is 1. The first-order valence-corrected chi connectivity index (χ1v) is 11.1. The number of benzene rings is 1. The second kappa shape index (κ2) is 11.4. The van der Waals surface area contributed by atoms with Crippen LogP contribution in [-0.4, -0.2) is 74.7 Å². The Balaban J connectivity index is 1.76. The molecule has 2 heterocycles. The second-order valence-electron chi connectivity index (χ2n) is 8.66. The molecule has 0 radical (unpaired) electrons. The van der Waals surface area contributed by atoms with Crippen LogP contribution in [0, 0.1) is 5.92 Å². The molecule has 1 aromatic carbocycles. The summed E-state index contributed by atoms with van der Waals surface area (Å²) in [5.41, 5.74) is 2.05. The standard InChI is InChI=1S/C23H35N5O3/c1-18-12-28(19(2)16-29)23(30)10-7-11-27-14-21(24-25-27)17-31-22(18)15-26(3)13-20-8-5-4-6-9-20/h4-6,8-9,14,18-19,22,29H,7,10-13,15-17H2,1-3H3/t18-,19+,22-/m1/s1. The Kier molecular flexibility index (Phi) is 8.57. The van der Waals surface area contributed by atoms with Crippen LogP contribution in [-0.2, 0) is 29.2 Å². The van der Waals surface area contributed by atoms with E-state index in [9.17, 15) is 9.90 Å². The molecule has 0 spiro atoms. The lowest BCUT2D eigenvalue weighted by Gasteiger charge is -2.35. The van der Waals surface area contributed by atoms with Crippen molar-refractivity contribution in [2.45, 2.75) is 58.5 Å². The van der Waals surface area contributed by atoms with E-state index >= 15 is 0 Å². The first-order valence-electron chi connectivity index (χ1n) is 11.1. The summed E-state index contributed by atoms with van der Waals surface area (Å²) in [7, 11) is 2.08. The van der Waals surface area contributed by atoms with Crippen molar-refractivity contribution >= 4 is 5.91 Å². The largest absolute Gasteiger partial charge is 0.394 e. The van der Waals surface area contributed by atoms with Crippen molar-refractivity contribution in [2.24, 2.45) is 5.92 Å². The van der Waals surface area contributed by atoms with Crippen molar-refractivity contribution in [2.75, 3.05) is 26.7 Å². The lowest BCUT2D eigenvalue weighted by Crippen LogP contribution is -2.47. The molecule has 0 saturated heterocycles. The molecule has 3 rings (SSSR count). The zero-order chi connectivity index (χ0) is 22.2. The molecule has 3 atom stereocenters. The molecule has 0 fully saturated rings. The maximum Gasteiger partial charge on any atom is 0.222 e. The monoisotopic (exact) mass is 429 g/mol. The number of carbonyl (C=O) groups excluding carboxylic acids is 1. The van der Waals surface area contributed by atoms with Crippen molar-refractivity contribution in [3.8, 4) is 0 Å². The zero-order valence-corrected chi connectivity index (χ0v) is 18.9. The van der Waals surface area contributed by atoms with Gasteiger partial charge in [0.1, 0.15) is 5.69 Å². The number of likely N-dealkylation sites (N-methyl/N-ethyl adjacent to an activating group) is 1. The molecule has 0 aliphatic carbocycles. The third-order valence-electron chi connectivity index (χ3n) is 5.83. The SMILES string of the molecule is C[C@@H]1CN([C@@H](C)CO)C(=O)CCCn2cc(nn2)CO[C@@H]1CN(C)Cc1ccccc1. The van der Waals surface area contributed by atoms with Gasteiger partial charge in [0.15, 0.2) is 0 Å². The molecule has 0 unspecified atom stereocenters. The zero-order valence-electron chi connectivity index (χ0n) is 18.9. The number of ether oxygens (including phenoxy) is 1. The number of amides is 1. The molecule has 1 aromatic heterocycles. The molecular weight excluding hydrogens is 394 g/mol. The lowest BCUT2D eigenvalue weighted by atomic mass is 10.0. The van der Waals surface area contributed by atoms with Crippen LogP contribution in [0.25, 0.3) is 0 Å². The fourth-order valence-corrected chi connectivity index (χ4v) is 3.96. The fourth-order valence-electron chi connectivity index (χ4n) is 3.96. The van der Waals surface area contributed by atoms with E-state index in [4.69, 9.17) is 4.74 Å². The Bertz CT molecular complexity index is 813. The number of aliphatic hydroxyl groups is 1. The summed E-state index contributed by atoms with van der Waals surface area (Å²) in [4.78, 5) is 17.0. The summed E-state index contributed by atoms with van der Waals surface area (Å²) >= 11 is 0. The molecule has 8 nitrogen and oxygen atoms in total. The Morgan fingerprint density at radius 1 is 1.32 bits per heavy atom. The molecule has 8 heteroatoms. The van der Waals surface area contributed by atoms with Gasteiger partial charge < -0.3 is 14.7 Å². The fraction of sp³-hybridized carbons (Fsp3) is 0.609. The summed E-state index contributed by atoms with van der Waals surface area (Å²) in [5.74, 6) is 0.149. The van der Waals surface area contributed by atoms with Crippen LogP contribution in [0.1, 0.15) is 37.9 Å². The molecule has 31 heavy (non-hydrogen) atoms. The highest BCUT2D eigenvalue weighted by Crippen LogP contribution is 2.18. The summed E-state index contributed by atoms with van der Waals surface area (Å²) in [6.45, 7) is 7.07. The summed E-state index contributed by atoms with van der Waals surface area (Å²) in [6, 6.07) is 10.1. The number of aryl methyl sites for hydroxylation is 1. The smallest absolute Gasteiger partial charge is 0.222 e. The first-order chi connectivity index (χ1) is 15.0. The highest BCUT2D eigenvalue weighted by Gasteiger charge is 2.27. The Labute approximate surface area is 184 Å². The Morgan fingerprint density at radius 2 is 2.10 bits per heavy atom. The summed E-state index contributed by atoms with van der Waals surface area (Å²) < 4.78 is 8.08. The van der Waals surface area contributed by atoms with E-state index in [2.05, 4.69) is 41.3 Å². The van der Waals surface area contributed by atoms with E-state index < -0.39 is 0 Å². The normalized spacial score (nSPS) is 22.0. The minimum atomic E-state index is -0.222. The van der Waals surface area contributed by atoms with E-state index in [0.717, 1.165) is 18.8 Å². The predicted octanol–water partition coefficient (Wildman–Crippen LogP) is 1.93. The summed E-state index contributed by atoms with van der Waals surface area (Å²) in [6.07, 6.45) is 2.91. The minimum Gasteiger partial charge on any atom is -0.394 e. The van der Waals surface area contributed by atoms with Crippen molar-refractivity contribution in [3.63, 3.8) is 0 Å². The van der Waals surface area contributed by atoms with Gasteiger partial charge in [-0.15, -0.1) is 5.10 Å². The maximum absolute atomic E-state index is 12.9. The van der Waals surface area contributed by atoms with Gasteiger partial charge in [-0.3, -0.25) is 14.4 Å². The van der Waals surface area contributed by atoms with Crippen LogP contribution in [0.5, 0.6) is 0 Å². The van der Waals surface area contributed by atoms with Crippen LogP contribution in [0.3, 0.4) is 0 Å². The third-order valence-corrected chi connectivity index (χ3v) is 5.83. The first kappa shape index (κ1) is 23.4.